The first-order chi connectivity index (χ1) is 44.7. The third-order valence-corrected chi connectivity index (χ3v) is 22.5. The maximum absolute atomic E-state index is 11.0. The quantitative estimate of drug-likeness (QED) is 0.156. The van der Waals surface area contributed by atoms with E-state index < -0.39 is 8.32 Å². The number of hydrogen-bond acceptors (Lipinski definition) is 3. The van der Waals surface area contributed by atoms with Gasteiger partial charge >= 0.3 is 8.32 Å². The predicted molar refractivity (Wildman–Crippen MR) is 376 cm³/mol. The molecule has 2 aliphatic rings. The molecule has 0 atom stereocenters. The monoisotopic (exact) mass is 1190 g/mol. The molecule has 0 saturated heterocycles. The van der Waals surface area contributed by atoms with Gasteiger partial charge in [0.15, 0.2) is 0 Å². The first-order valence-corrected chi connectivity index (χ1v) is 33.4. The summed E-state index contributed by atoms with van der Waals surface area (Å²) in [5.41, 5.74) is 9.13. The number of aromatic nitrogens is 3. The van der Waals surface area contributed by atoms with Gasteiger partial charge in [0.25, 0.3) is 0 Å². The molecule has 0 saturated carbocycles. The van der Waals surface area contributed by atoms with Gasteiger partial charge in [-0.05, 0) is 121 Å². The van der Waals surface area contributed by atoms with Gasteiger partial charge in [-0.15, -0.1) is 0 Å². The summed E-state index contributed by atoms with van der Waals surface area (Å²) in [7, 11) is -4.90. The van der Waals surface area contributed by atoms with E-state index in [2.05, 4.69) is 234 Å². The molecule has 12 aromatic rings. The Balaban J connectivity index is 1.18. The lowest BCUT2D eigenvalue weighted by atomic mass is 9.86. The largest absolute Gasteiger partial charge is 0.457 e. The van der Waals surface area contributed by atoms with E-state index in [0.717, 1.165) is 98.8 Å². The molecule has 0 N–H and O–H groups in total. The van der Waals surface area contributed by atoms with Crippen LogP contribution in [0.25, 0.3) is 82.5 Å². The molecule has 88 heavy (non-hydrogen) atoms. The van der Waals surface area contributed by atoms with Crippen LogP contribution >= 0.6 is 0 Å². The van der Waals surface area contributed by atoms with E-state index in [1.165, 1.54) is 0 Å². The standard InChI is InChI=1S/C81H87N3O3Si/c1-20-37-85-88-73-35-27-54(82-63-38-48(76(2,3)4)21-29-57(63)58-30-22-49(39-64(58)82)77(5,6)7)44-69(73)86-71-46-56(84-67-42-52(80(14,15)16)25-33-61(67)62-34-26-53(43-68(62)84)81(17,18)19)47-72(75(71)88)87-70-45-55(28-36-74(70)88)83-65-40-50(78(8,9)10)23-31-59(65)60-32-24-51(41-66(60)83)79(11,12)13/h21-36,38-47H,20,37H2,1-19H3/i27D,28D,35D,36D,44D,45D,46D,47D. The average molecular weight is 1190 g/mol. The zero-order chi connectivity index (χ0) is 69.3. The van der Waals surface area contributed by atoms with E-state index in [4.69, 9.17) is 13.9 Å². The van der Waals surface area contributed by atoms with Gasteiger partial charge in [0, 0.05) is 84.8 Å². The lowest BCUT2D eigenvalue weighted by molar-refractivity contribution is 0.316. The third kappa shape index (κ3) is 9.02. The predicted octanol–water partition coefficient (Wildman–Crippen LogP) is 20.4. The van der Waals surface area contributed by atoms with Crippen LogP contribution in [0.4, 0.5) is 0 Å². The summed E-state index contributed by atoms with van der Waals surface area (Å²) in [6, 6.07) is 36.1. The summed E-state index contributed by atoms with van der Waals surface area (Å²) in [5, 5.41) is 5.58. The molecule has 0 spiro atoms. The first-order valence-electron chi connectivity index (χ1n) is 35.5. The van der Waals surface area contributed by atoms with Crippen molar-refractivity contribution in [1.29, 1.82) is 0 Å². The minimum atomic E-state index is -4.90. The fraction of sp³-hybridized carbons (Fsp3) is 0.333. The van der Waals surface area contributed by atoms with Crippen LogP contribution in [0.3, 0.4) is 0 Å². The highest BCUT2D eigenvalue weighted by molar-refractivity contribution is 7.09. The summed E-state index contributed by atoms with van der Waals surface area (Å²) in [5.74, 6) is -0.426. The molecule has 7 heteroatoms. The molecule has 5 heterocycles. The number of fused-ring (bicyclic) bond motifs is 13. The molecule has 448 valence electrons. The fourth-order valence-corrected chi connectivity index (χ4v) is 17.2. The van der Waals surface area contributed by atoms with Gasteiger partial charge in [0.05, 0.1) is 54.9 Å². The van der Waals surface area contributed by atoms with E-state index in [9.17, 15) is 11.0 Å². The maximum Gasteiger partial charge on any atom is 0.303 e. The fourth-order valence-electron chi connectivity index (χ4n) is 13.3. The molecular formula is C81H87N3O3Si. The van der Waals surface area contributed by atoms with Crippen LogP contribution in [0, 0.1) is 0 Å². The highest BCUT2D eigenvalue weighted by atomic mass is 28.4. The molecule has 0 amide bonds. The summed E-state index contributed by atoms with van der Waals surface area (Å²) >= 11 is 0. The molecule has 0 bridgehead atoms. The Kier molecular flexibility index (Phi) is 10.8. The van der Waals surface area contributed by atoms with Crippen molar-refractivity contribution in [2.45, 2.75) is 170 Å². The molecule has 9 aromatic carbocycles. The Labute approximate surface area is 533 Å². The molecule has 0 fully saturated rings. The molecule has 2 aliphatic heterocycles. The normalized spacial score (nSPS) is 15.8. The topological polar surface area (TPSA) is 42.5 Å². The first kappa shape index (κ1) is 49.1. The van der Waals surface area contributed by atoms with Crippen molar-refractivity contribution in [3.63, 3.8) is 0 Å². The van der Waals surface area contributed by atoms with Crippen LogP contribution in [0.2, 0.25) is 0 Å². The van der Waals surface area contributed by atoms with Gasteiger partial charge in [-0.1, -0.05) is 216 Å². The van der Waals surface area contributed by atoms with Gasteiger partial charge < -0.3 is 27.6 Å². The second-order valence-electron chi connectivity index (χ2n) is 31.1. The Hall–Kier alpha value is -7.84. The average Bonchev–Trinajstić information content (AvgIpc) is 0.685. The van der Waals surface area contributed by atoms with Crippen LogP contribution in [0.1, 0.15) is 182 Å². The summed E-state index contributed by atoms with van der Waals surface area (Å²) < 4.78 is 115. The van der Waals surface area contributed by atoms with Gasteiger partial charge in [-0.25, -0.2) is 0 Å². The smallest absolute Gasteiger partial charge is 0.303 e. The van der Waals surface area contributed by atoms with Crippen molar-refractivity contribution in [2.24, 2.45) is 0 Å². The summed E-state index contributed by atoms with van der Waals surface area (Å²) in [6.45, 7) is 40.8. The lowest BCUT2D eigenvalue weighted by Gasteiger charge is -2.42. The second-order valence-corrected chi connectivity index (χ2v) is 34.3. The molecule has 14 rings (SSSR count). The van der Waals surface area contributed by atoms with Gasteiger partial charge in [0.2, 0.25) is 0 Å². The van der Waals surface area contributed by atoms with E-state index in [1.54, 1.807) is 0 Å². The Bertz CT molecular complexity index is 4890. The maximum atomic E-state index is 11.0. The third-order valence-electron chi connectivity index (χ3n) is 18.6. The van der Waals surface area contributed by atoms with E-state index in [0.29, 0.717) is 6.42 Å². The van der Waals surface area contributed by atoms with Crippen LogP contribution in [-0.2, 0) is 36.9 Å². The van der Waals surface area contributed by atoms with Crippen LogP contribution in [0.5, 0.6) is 23.0 Å². The van der Waals surface area contributed by atoms with Gasteiger partial charge in [-0.3, -0.25) is 0 Å². The zero-order valence-electron chi connectivity index (χ0n) is 62.9. The van der Waals surface area contributed by atoms with E-state index >= 15 is 0 Å². The lowest BCUT2D eigenvalue weighted by Crippen LogP contribution is -2.72. The number of rotatable bonds is 6. The van der Waals surface area contributed by atoms with Crippen molar-refractivity contribution in [1.82, 2.24) is 13.7 Å². The Morgan fingerprint density at radius 2 is 0.602 bits per heavy atom. The van der Waals surface area contributed by atoms with Crippen LogP contribution in [0.15, 0.2) is 158 Å². The van der Waals surface area contributed by atoms with Crippen LogP contribution in [-0.4, -0.2) is 28.6 Å². The number of hydrogen-bond donors (Lipinski definition) is 0. The molecule has 3 aromatic heterocycles. The molecule has 6 nitrogen and oxygen atoms in total. The molecule has 0 radical (unpaired) electrons. The minimum absolute atomic E-state index is 0.0181. The van der Waals surface area contributed by atoms with Gasteiger partial charge in [-0.2, -0.15) is 0 Å². The van der Waals surface area contributed by atoms with Crippen molar-refractivity contribution in [2.75, 3.05) is 6.61 Å². The van der Waals surface area contributed by atoms with Crippen molar-refractivity contribution < 1.29 is 24.9 Å². The number of benzene rings is 9. The van der Waals surface area contributed by atoms with Crippen molar-refractivity contribution >= 4 is 89.3 Å². The van der Waals surface area contributed by atoms with Crippen molar-refractivity contribution in [3.05, 3.63) is 191 Å². The number of nitrogens with zero attached hydrogens (tertiary/aromatic N) is 3. The summed E-state index contributed by atoms with van der Waals surface area (Å²) in [4.78, 5) is 0. The molecule has 0 unspecified atom stereocenters. The molecular weight excluding hydrogens is 1090 g/mol. The zero-order valence-corrected chi connectivity index (χ0v) is 55.9. The highest BCUT2D eigenvalue weighted by Gasteiger charge is 2.55. The summed E-state index contributed by atoms with van der Waals surface area (Å²) in [6.07, 6.45) is 0.430. The van der Waals surface area contributed by atoms with E-state index in [1.807, 2.05) is 20.6 Å². The van der Waals surface area contributed by atoms with Crippen LogP contribution < -0.4 is 25.0 Å². The van der Waals surface area contributed by atoms with Gasteiger partial charge in [0.1, 0.15) is 23.0 Å². The van der Waals surface area contributed by atoms with Crippen molar-refractivity contribution in [3.8, 4) is 40.1 Å². The molecule has 0 aliphatic carbocycles. The Morgan fingerprint density at radius 1 is 0.352 bits per heavy atom. The highest BCUT2D eigenvalue weighted by Crippen LogP contribution is 2.47. The Morgan fingerprint density at radius 3 is 0.852 bits per heavy atom. The number of ether oxygens (including phenoxy) is 2. The van der Waals surface area contributed by atoms with E-state index in [-0.39, 0.29) is 143 Å². The SMILES string of the molecule is [2H]c1c([2H])c2c(c([2H])c1-n1c3cc(C(C)(C)C)ccc3c3ccc(C(C)(C)C)cc31)Oc1c([2H])c(-n3c4cc(C(C)(C)C)ccc4c4ccc(C(C)(C)C)cc43)c([2H])c3c1[Si]2(OCCC)c1c([2H])c([2H])c(-n2c4cc(C(C)(C)C)ccc4c4ccc(C(C)(C)C)cc42)c([2H])c1O3. The second kappa shape index (κ2) is 19.3. The minimum Gasteiger partial charge on any atom is -0.457 e.